The van der Waals surface area contributed by atoms with Crippen molar-refractivity contribution < 1.29 is 29.0 Å². The van der Waals surface area contributed by atoms with Crippen molar-refractivity contribution in [1.29, 1.82) is 0 Å². The lowest BCUT2D eigenvalue weighted by molar-refractivity contribution is -0.143. The first-order valence-corrected chi connectivity index (χ1v) is 10.9. The lowest BCUT2D eigenvalue weighted by Gasteiger charge is -2.30. The fourth-order valence-corrected chi connectivity index (χ4v) is 5.76. The summed E-state index contributed by atoms with van der Waals surface area (Å²) in [5.74, 6) is -1.84. The number of carbonyl (C=O) groups excluding carboxylic acids is 3. The van der Waals surface area contributed by atoms with Crippen LogP contribution in [-0.4, -0.2) is 46.7 Å². The molecule has 0 saturated carbocycles. The molecule has 9 nitrogen and oxygen atoms in total. The Hall–Kier alpha value is -3.43. The molecule has 6 rings (SSSR count). The van der Waals surface area contributed by atoms with Crippen LogP contribution in [-0.2, 0) is 26.5 Å². The fourth-order valence-electron chi connectivity index (χ4n) is 5.76. The van der Waals surface area contributed by atoms with E-state index in [1.807, 2.05) is 19.1 Å². The molecule has 5 atom stereocenters. The topological polar surface area (TPSA) is 117 Å². The summed E-state index contributed by atoms with van der Waals surface area (Å²) < 4.78 is 10.7. The molecule has 2 fully saturated rings. The van der Waals surface area contributed by atoms with Crippen LogP contribution in [0.25, 0.3) is 0 Å². The molecule has 2 saturated heterocycles. The Morgan fingerprint density at radius 2 is 1.94 bits per heavy atom. The molecule has 2 aromatic rings. The van der Waals surface area contributed by atoms with E-state index in [4.69, 9.17) is 9.47 Å². The third-order valence-corrected chi connectivity index (χ3v) is 7.28. The molecule has 3 amide bonds. The smallest absolute Gasteiger partial charge is 0.250 e. The van der Waals surface area contributed by atoms with E-state index in [1.54, 1.807) is 31.2 Å². The number of aliphatic hydroxyl groups excluding tert-OH is 1. The van der Waals surface area contributed by atoms with Gasteiger partial charge in [0.1, 0.15) is 5.54 Å². The molecule has 0 aliphatic carbocycles. The number of ether oxygens (including phenoxy) is 2. The summed E-state index contributed by atoms with van der Waals surface area (Å²) in [7, 11) is 0. The quantitative estimate of drug-likeness (QED) is 0.599. The number of likely N-dealkylation sites (tertiary alicyclic amines) is 1. The van der Waals surface area contributed by atoms with Crippen LogP contribution < -0.4 is 20.1 Å². The summed E-state index contributed by atoms with van der Waals surface area (Å²) in [4.78, 5) is 41.9. The number of aliphatic hydroxyl groups is 1. The third-order valence-electron chi connectivity index (χ3n) is 7.28. The molecular weight excluding hydrogens is 426 g/mol. The van der Waals surface area contributed by atoms with E-state index >= 15 is 0 Å². The minimum atomic E-state index is -1.41. The molecule has 4 aliphatic rings. The fraction of sp³-hybridized carbons (Fsp3) is 0.375. The zero-order chi connectivity index (χ0) is 23.1. The number of hydrogen-bond donors (Lipinski definition) is 3. The zero-order valence-electron chi connectivity index (χ0n) is 18.1. The Morgan fingerprint density at radius 1 is 1.15 bits per heavy atom. The van der Waals surface area contributed by atoms with E-state index in [-0.39, 0.29) is 19.2 Å². The van der Waals surface area contributed by atoms with Gasteiger partial charge in [0.25, 0.3) is 0 Å². The molecule has 2 aromatic carbocycles. The lowest BCUT2D eigenvalue weighted by Crippen LogP contribution is -2.54. The second-order valence-corrected chi connectivity index (χ2v) is 9.12. The van der Waals surface area contributed by atoms with Crippen LogP contribution in [0, 0.1) is 18.8 Å². The van der Waals surface area contributed by atoms with Gasteiger partial charge in [0.15, 0.2) is 11.5 Å². The largest absolute Gasteiger partial charge is 0.454 e. The Bertz CT molecular complexity index is 1230. The normalized spacial score (nSPS) is 30.1. The first-order valence-electron chi connectivity index (χ1n) is 10.9. The lowest BCUT2D eigenvalue weighted by atomic mass is 9.76. The van der Waals surface area contributed by atoms with Crippen LogP contribution in [0.5, 0.6) is 11.5 Å². The maximum absolute atomic E-state index is 13.8. The van der Waals surface area contributed by atoms with Crippen molar-refractivity contribution in [1.82, 2.24) is 10.2 Å². The van der Waals surface area contributed by atoms with Gasteiger partial charge in [0.05, 0.1) is 24.5 Å². The summed E-state index contributed by atoms with van der Waals surface area (Å²) in [6.45, 7) is 3.62. The van der Waals surface area contributed by atoms with Crippen LogP contribution in [0.1, 0.15) is 23.6 Å². The van der Waals surface area contributed by atoms with Crippen molar-refractivity contribution >= 4 is 23.4 Å². The van der Waals surface area contributed by atoms with Crippen molar-refractivity contribution in [3.05, 3.63) is 53.1 Å². The van der Waals surface area contributed by atoms with Gasteiger partial charge < -0.3 is 19.9 Å². The van der Waals surface area contributed by atoms with Crippen molar-refractivity contribution in [3.63, 3.8) is 0 Å². The molecule has 0 bridgehead atoms. The molecule has 1 spiro atoms. The highest BCUT2D eigenvalue weighted by molar-refractivity contribution is 6.15. The third kappa shape index (κ3) is 2.57. The number of para-hydroxylation sites is 1. The highest BCUT2D eigenvalue weighted by Gasteiger charge is 2.71. The number of fused-ring (bicyclic) bond motifs is 5. The average molecular weight is 449 g/mol. The van der Waals surface area contributed by atoms with Crippen LogP contribution in [0.3, 0.4) is 0 Å². The van der Waals surface area contributed by atoms with Crippen LogP contribution in [0.4, 0.5) is 5.69 Å². The van der Waals surface area contributed by atoms with Gasteiger partial charge in [-0.25, -0.2) is 0 Å². The standard InChI is InChI=1S/C24H23N3O6/c1-11-4-3-5-14-19(11)25-23(31)24(14)18-17(20(26-24)12(2)28)21(29)27(22(18)30)9-13-6-7-15-16(8-13)33-10-32-15/h3-8,12,17-18,20,26,28H,9-10H2,1-2H3,(H,25,31)/t12-,17+,18-,20-,24+/m1/s1. The Morgan fingerprint density at radius 3 is 2.73 bits per heavy atom. The minimum absolute atomic E-state index is 0.0478. The van der Waals surface area contributed by atoms with Crippen molar-refractivity contribution in [3.8, 4) is 11.5 Å². The maximum Gasteiger partial charge on any atom is 0.250 e. The number of aryl methyl sites for hydroxylation is 1. The number of hydrogen-bond acceptors (Lipinski definition) is 7. The van der Waals surface area contributed by atoms with E-state index in [0.717, 1.165) is 5.56 Å². The molecule has 0 radical (unpaired) electrons. The van der Waals surface area contributed by atoms with E-state index in [0.29, 0.717) is 28.3 Å². The predicted molar refractivity (Wildman–Crippen MR) is 115 cm³/mol. The Labute approximate surface area is 189 Å². The molecule has 0 unspecified atom stereocenters. The number of nitrogens with zero attached hydrogens (tertiary/aromatic N) is 1. The van der Waals surface area contributed by atoms with E-state index in [1.165, 1.54) is 4.90 Å². The van der Waals surface area contributed by atoms with Gasteiger partial charge in [-0.15, -0.1) is 0 Å². The second-order valence-electron chi connectivity index (χ2n) is 9.12. The number of amides is 3. The molecule has 9 heteroatoms. The van der Waals surface area contributed by atoms with Crippen molar-refractivity contribution in [2.45, 2.75) is 38.1 Å². The summed E-state index contributed by atoms with van der Waals surface area (Å²) in [6.07, 6.45) is -0.944. The number of nitrogens with one attached hydrogen (secondary N) is 2. The number of benzene rings is 2. The first kappa shape index (κ1) is 20.2. The van der Waals surface area contributed by atoms with Crippen LogP contribution >= 0.6 is 0 Å². The second kappa shape index (κ2) is 6.79. The van der Waals surface area contributed by atoms with Crippen molar-refractivity contribution in [2.24, 2.45) is 11.8 Å². The van der Waals surface area contributed by atoms with Gasteiger partial charge >= 0.3 is 0 Å². The van der Waals surface area contributed by atoms with E-state index in [9.17, 15) is 19.5 Å². The minimum Gasteiger partial charge on any atom is -0.454 e. The number of rotatable bonds is 3. The molecule has 4 aliphatic heterocycles. The highest BCUT2D eigenvalue weighted by Crippen LogP contribution is 2.54. The Balaban J connectivity index is 1.43. The average Bonchev–Trinajstić information content (AvgIpc) is 3.51. The number of imide groups is 1. The molecule has 170 valence electrons. The van der Waals surface area contributed by atoms with E-state index in [2.05, 4.69) is 10.6 Å². The molecule has 4 heterocycles. The predicted octanol–water partition coefficient (Wildman–Crippen LogP) is 1.03. The summed E-state index contributed by atoms with van der Waals surface area (Å²) in [5.41, 5.74) is 1.45. The summed E-state index contributed by atoms with van der Waals surface area (Å²) in [5, 5.41) is 16.6. The zero-order valence-corrected chi connectivity index (χ0v) is 18.1. The van der Waals surface area contributed by atoms with Gasteiger partial charge in [-0.3, -0.25) is 24.6 Å². The van der Waals surface area contributed by atoms with E-state index < -0.39 is 41.3 Å². The monoisotopic (exact) mass is 449 g/mol. The molecule has 0 aromatic heterocycles. The number of anilines is 1. The van der Waals surface area contributed by atoms with Crippen LogP contribution in [0.2, 0.25) is 0 Å². The SMILES string of the molecule is Cc1cccc2c1NC(=O)[C@]21N[C@H]([C@@H](C)O)[C@H]2C(=O)N(Cc3ccc4c(c3)OCO4)C(=O)[C@@H]21. The van der Waals surface area contributed by atoms with Gasteiger partial charge in [-0.1, -0.05) is 24.3 Å². The molecule has 3 N–H and O–H groups in total. The Kier molecular flexibility index (Phi) is 4.15. The molecule has 33 heavy (non-hydrogen) atoms. The first-order chi connectivity index (χ1) is 15.8. The molecular formula is C24H23N3O6. The van der Waals surface area contributed by atoms with Gasteiger partial charge in [-0.05, 0) is 37.1 Å². The van der Waals surface area contributed by atoms with Gasteiger partial charge in [0, 0.05) is 17.3 Å². The maximum atomic E-state index is 13.8. The van der Waals surface area contributed by atoms with Gasteiger partial charge in [-0.2, -0.15) is 0 Å². The van der Waals surface area contributed by atoms with Crippen molar-refractivity contribution in [2.75, 3.05) is 12.1 Å². The highest BCUT2D eigenvalue weighted by atomic mass is 16.7. The van der Waals surface area contributed by atoms with Gasteiger partial charge in [0.2, 0.25) is 24.5 Å². The number of carbonyl (C=O) groups is 3. The summed E-state index contributed by atoms with van der Waals surface area (Å²) in [6, 6.07) is 10.0. The summed E-state index contributed by atoms with van der Waals surface area (Å²) >= 11 is 0. The van der Waals surface area contributed by atoms with Crippen LogP contribution in [0.15, 0.2) is 36.4 Å².